The highest BCUT2D eigenvalue weighted by Gasteiger charge is 2.17. The molecule has 0 aliphatic rings. The van der Waals surface area contributed by atoms with Gasteiger partial charge in [0.25, 0.3) is 0 Å². The number of hydrogen-bond donors (Lipinski definition) is 1. The molecule has 0 fully saturated rings. The Balaban J connectivity index is 3.92. The summed E-state index contributed by atoms with van der Waals surface area (Å²) in [5, 5.41) is 0. The third-order valence-corrected chi connectivity index (χ3v) is 1.57. The van der Waals surface area contributed by atoms with Crippen LogP contribution in [0.3, 0.4) is 0 Å². The largest absolute Gasteiger partial charge is 0.393 e. The predicted molar refractivity (Wildman–Crippen MR) is 56.3 cm³/mol. The summed E-state index contributed by atoms with van der Waals surface area (Å²) in [7, 11) is 0. The van der Waals surface area contributed by atoms with Crippen LogP contribution in [0.1, 0.15) is 40.5 Å². The minimum absolute atomic E-state index is 0.106. The molecule has 0 aliphatic carbocycles. The third kappa shape index (κ3) is 6.55. The maximum absolute atomic E-state index is 5.73. The molecule has 0 saturated heterocycles. The summed E-state index contributed by atoms with van der Waals surface area (Å²) in [6.07, 6.45) is 1.81. The molecule has 0 aromatic rings. The zero-order valence-corrected chi connectivity index (χ0v) is 9.20. The summed E-state index contributed by atoms with van der Waals surface area (Å²) in [6, 6.07) is 0. The standard InChI is InChI=1S/C9H19NOS/c1-5-7(6-8(10)12)11-9(2,3)4/h7H,5-6H2,1-4H3,(H2,10,12). The molecule has 0 heterocycles. The van der Waals surface area contributed by atoms with E-state index in [1.807, 2.05) is 20.8 Å². The number of rotatable bonds is 4. The van der Waals surface area contributed by atoms with Gasteiger partial charge in [-0.05, 0) is 27.2 Å². The van der Waals surface area contributed by atoms with Gasteiger partial charge in [-0.15, -0.1) is 0 Å². The smallest absolute Gasteiger partial charge is 0.0753 e. The number of hydrogen-bond acceptors (Lipinski definition) is 2. The molecule has 0 spiro atoms. The molecule has 2 N–H and O–H groups in total. The van der Waals surface area contributed by atoms with Gasteiger partial charge in [0.2, 0.25) is 0 Å². The SMILES string of the molecule is CCC(CC(N)=S)OC(C)(C)C. The highest BCUT2D eigenvalue weighted by atomic mass is 32.1. The third-order valence-electron chi connectivity index (χ3n) is 1.40. The van der Waals surface area contributed by atoms with Crippen LogP contribution in [0.15, 0.2) is 0 Å². The van der Waals surface area contributed by atoms with E-state index in [-0.39, 0.29) is 11.7 Å². The van der Waals surface area contributed by atoms with Crippen LogP contribution < -0.4 is 5.73 Å². The molecule has 12 heavy (non-hydrogen) atoms. The lowest BCUT2D eigenvalue weighted by Gasteiger charge is -2.26. The maximum Gasteiger partial charge on any atom is 0.0753 e. The number of ether oxygens (including phenoxy) is 1. The lowest BCUT2D eigenvalue weighted by Crippen LogP contribution is -2.30. The van der Waals surface area contributed by atoms with Crippen molar-refractivity contribution >= 4 is 17.2 Å². The van der Waals surface area contributed by atoms with Gasteiger partial charge in [0.1, 0.15) is 0 Å². The van der Waals surface area contributed by atoms with E-state index in [0.29, 0.717) is 11.4 Å². The lowest BCUT2D eigenvalue weighted by molar-refractivity contribution is -0.0572. The molecule has 2 nitrogen and oxygen atoms in total. The van der Waals surface area contributed by atoms with Crippen molar-refractivity contribution in [1.82, 2.24) is 0 Å². The molecule has 0 aromatic heterocycles. The van der Waals surface area contributed by atoms with E-state index < -0.39 is 0 Å². The summed E-state index contributed by atoms with van der Waals surface area (Å²) in [5.74, 6) is 0. The van der Waals surface area contributed by atoms with Gasteiger partial charge >= 0.3 is 0 Å². The maximum atomic E-state index is 5.73. The summed E-state index contributed by atoms with van der Waals surface area (Å²) >= 11 is 4.83. The molecule has 0 radical (unpaired) electrons. The zero-order valence-electron chi connectivity index (χ0n) is 8.39. The van der Waals surface area contributed by atoms with Gasteiger partial charge in [-0.2, -0.15) is 0 Å². The van der Waals surface area contributed by atoms with Gasteiger partial charge in [-0.1, -0.05) is 19.1 Å². The molecule has 0 saturated carbocycles. The van der Waals surface area contributed by atoms with Crippen molar-refractivity contribution in [2.24, 2.45) is 5.73 Å². The van der Waals surface area contributed by atoms with Crippen LogP contribution in [0.4, 0.5) is 0 Å². The van der Waals surface area contributed by atoms with Crippen molar-refractivity contribution in [2.45, 2.75) is 52.2 Å². The Morgan fingerprint density at radius 2 is 2.00 bits per heavy atom. The van der Waals surface area contributed by atoms with Crippen molar-refractivity contribution in [2.75, 3.05) is 0 Å². The van der Waals surface area contributed by atoms with Gasteiger partial charge in [-0.3, -0.25) is 0 Å². The summed E-state index contributed by atoms with van der Waals surface area (Å²) in [5.41, 5.74) is 5.33. The minimum Gasteiger partial charge on any atom is -0.393 e. The number of thiocarbonyl (C=S) groups is 1. The molecular formula is C9H19NOS. The van der Waals surface area contributed by atoms with Crippen molar-refractivity contribution in [3.05, 3.63) is 0 Å². The van der Waals surface area contributed by atoms with E-state index >= 15 is 0 Å². The second-order valence-electron chi connectivity index (χ2n) is 3.93. The first-order valence-corrected chi connectivity index (χ1v) is 4.72. The van der Waals surface area contributed by atoms with Gasteiger partial charge < -0.3 is 10.5 Å². The predicted octanol–water partition coefficient (Wildman–Crippen LogP) is 2.26. The molecule has 0 amide bonds. The Bertz CT molecular complexity index is 151. The molecule has 0 aliphatic heterocycles. The fourth-order valence-corrected chi connectivity index (χ4v) is 1.18. The molecule has 0 bridgehead atoms. The van der Waals surface area contributed by atoms with Crippen LogP contribution in [0.5, 0.6) is 0 Å². The topological polar surface area (TPSA) is 35.2 Å². The van der Waals surface area contributed by atoms with Crippen molar-refractivity contribution in [3.63, 3.8) is 0 Å². The van der Waals surface area contributed by atoms with Crippen LogP contribution in [-0.4, -0.2) is 16.7 Å². The first-order chi connectivity index (χ1) is 5.35. The fraction of sp³-hybridized carbons (Fsp3) is 0.889. The van der Waals surface area contributed by atoms with Crippen LogP contribution in [-0.2, 0) is 4.74 Å². The molecule has 72 valence electrons. The lowest BCUT2D eigenvalue weighted by atomic mass is 10.1. The van der Waals surface area contributed by atoms with E-state index in [0.717, 1.165) is 6.42 Å². The van der Waals surface area contributed by atoms with E-state index in [1.165, 1.54) is 0 Å². The summed E-state index contributed by atoms with van der Waals surface area (Å²) in [6.45, 7) is 8.19. The van der Waals surface area contributed by atoms with E-state index in [9.17, 15) is 0 Å². The van der Waals surface area contributed by atoms with E-state index in [1.54, 1.807) is 0 Å². The van der Waals surface area contributed by atoms with Crippen LogP contribution >= 0.6 is 12.2 Å². The summed E-state index contributed by atoms with van der Waals surface area (Å²) < 4.78 is 5.73. The Morgan fingerprint density at radius 1 is 1.50 bits per heavy atom. The fourth-order valence-electron chi connectivity index (χ4n) is 0.994. The monoisotopic (exact) mass is 189 g/mol. The van der Waals surface area contributed by atoms with Gasteiger partial charge in [0.05, 0.1) is 16.7 Å². The van der Waals surface area contributed by atoms with Crippen molar-refractivity contribution < 1.29 is 4.74 Å². The molecule has 0 aromatic carbocycles. The Kier molecular flexibility index (Phi) is 4.71. The van der Waals surface area contributed by atoms with Gasteiger partial charge in [0.15, 0.2) is 0 Å². The second kappa shape index (κ2) is 4.77. The van der Waals surface area contributed by atoms with Crippen LogP contribution in [0.2, 0.25) is 0 Å². The molecule has 1 atom stereocenters. The zero-order chi connectivity index (χ0) is 9.78. The average Bonchev–Trinajstić information content (AvgIpc) is 1.82. The average molecular weight is 189 g/mol. The Morgan fingerprint density at radius 3 is 2.25 bits per heavy atom. The van der Waals surface area contributed by atoms with Gasteiger partial charge in [0, 0.05) is 6.42 Å². The Hall–Kier alpha value is -0.150. The highest BCUT2D eigenvalue weighted by molar-refractivity contribution is 7.80. The van der Waals surface area contributed by atoms with E-state index in [2.05, 4.69) is 6.92 Å². The van der Waals surface area contributed by atoms with Crippen LogP contribution in [0.25, 0.3) is 0 Å². The molecule has 3 heteroatoms. The van der Waals surface area contributed by atoms with Gasteiger partial charge in [-0.25, -0.2) is 0 Å². The normalized spacial score (nSPS) is 14.3. The van der Waals surface area contributed by atoms with Crippen LogP contribution in [0, 0.1) is 0 Å². The minimum atomic E-state index is -0.106. The molecule has 1 unspecified atom stereocenters. The quantitative estimate of drug-likeness (QED) is 0.689. The summed E-state index contributed by atoms with van der Waals surface area (Å²) in [4.78, 5) is 0.533. The highest BCUT2D eigenvalue weighted by Crippen LogP contribution is 2.15. The molecule has 0 rings (SSSR count). The van der Waals surface area contributed by atoms with E-state index in [4.69, 9.17) is 22.7 Å². The second-order valence-corrected chi connectivity index (χ2v) is 4.46. The van der Waals surface area contributed by atoms with Crippen molar-refractivity contribution in [3.8, 4) is 0 Å². The first-order valence-electron chi connectivity index (χ1n) is 4.31. The Labute approximate surface area is 80.5 Å². The van der Waals surface area contributed by atoms with Crippen molar-refractivity contribution in [1.29, 1.82) is 0 Å². The first kappa shape index (κ1) is 11.8. The molecular weight excluding hydrogens is 170 g/mol. The number of nitrogens with two attached hydrogens (primary N) is 1.